The number of hydrogen-bond acceptors (Lipinski definition) is 2. The Hall–Kier alpha value is -0.930. The Morgan fingerprint density at radius 2 is 2.08 bits per heavy atom. The van der Waals surface area contributed by atoms with Crippen LogP contribution in [0.3, 0.4) is 0 Å². The lowest BCUT2D eigenvalue weighted by atomic mass is 10.0. The van der Waals surface area contributed by atoms with Crippen molar-refractivity contribution in [2.24, 2.45) is 5.73 Å². The Labute approximate surface area is 77.2 Å². The zero-order valence-electron chi connectivity index (χ0n) is 7.79. The average Bonchev–Trinajstić information content (AvgIpc) is 2.08. The summed E-state index contributed by atoms with van der Waals surface area (Å²) in [7, 11) is 0. The summed E-state index contributed by atoms with van der Waals surface area (Å²) >= 11 is 0. The van der Waals surface area contributed by atoms with Gasteiger partial charge in [0, 0.05) is 5.56 Å². The van der Waals surface area contributed by atoms with Crippen LogP contribution in [0.2, 0.25) is 0 Å². The molecule has 0 fully saturated rings. The van der Waals surface area contributed by atoms with Crippen LogP contribution in [0.4, 0.5) is 4.39 Å². The van der Waals surface area contributed by atoms with Gasteiger partial charge in [-0.1, -0.05) is 17.7 Å². The van der Waals surface area contributed by atoms with E-state index in [4.69, 9.17) is 5.73 Å². The normalized spacial score (nSPS) is 15.5. The van der Waals surface area contributed by atoms with Crippen molar-refractivity contribution in [3.05, 3.63) is 35.1 Å². The van der Waals surface area contributed by atoms with Crippen molar-refractivity contribution in [3.8, 4) is 0 Å². The van der Waals surface area contributed by atoms with Gasteiger partial charge in [-0.3, -0.25) is 0 Å². The number of aliphatic hydroxyl groups excluding tert-OH is 1. The van der Waals surface area contributed by atoms with E-state index >= 15 is 0 Å². The summed E-state index contributed by atoms with van der Waals surface area (Å²) in [6.07, 6.45) is -0.740. The molecule has 0 aromatic heterocycles. The van der Waals surface area contributed by atoms with Crippen molar-refractivity contribution in [2.45, 2.75) is 26.0 Å². The van der Waals surface area contributed by atoms with Crippen LogP contribution in [-0.2, 0) is 0 Å². The summed E-state index contributed by atoms with van der Waals surface area (Å²) in [5.74, 6) is -0.362. The molecular formula is C10H14FNO. The fourth-order valence-electron chi connectivity index (χ4n) is 1.18. The highest BCUT2D eigenvalue weighted by molar-refractivity contribution is 5.27. The molecule has 2 atom stereocenters. The van der Waals surface area contributed by atoms with E-state index in [9.17, 15) is 9.50 Å². The number of aliphatic hydroxyl groups is 1. The third kappa shape index (κ3) is 2.26. The van der Waals surface area contributed by atoms with E-state index in [2.05, 4.69) is 0 Å². The molecule has 0 radical (unpaired) electrons. The molecule has 0 bridgehead atoms. The van der Waals surface area contributed by atoms with Crippen LogP contribution in [-0.4, -0.2) is 11.2 Å². The van der Waals surface area contributed by atoms with Gasteiger partial charge in [0.2, 0.25) is 0 Å². The van der Waals surface area contributed by atoms with Gasteiger partial charge >= 0.3 is 0 Å². The lowest BCUT2D eigenvalue weighted by Gasteiger charge is -2.16. The minimum absolute atomic E-state index is 0.362. The van der Waals surface area contributed by atoms with Crippen molar-refractivity contribution < 1.29 is 9.50 Å². The van der Waals surface area contributed by atoms with Crippen LogP contribution in [0.15, 0.2) is 18.2 Å². The molecule has 0 heterocycles. The van der Waals surface area contributed by atoms with Gasteiger partial charge in [-0.2, -0.15) is 0 Å². The first kappa shape index (κ1) is 10.2. The standard InChI is InChI=1S/C10H14FNO/c1-6-3-4-9(11)8(5-6)10(12)7(2)13/h3-5,7,10,13H,12H2,1-2H3/t7?,10-/m1/s1. The number of hydrogen-bond donors (Lipinski definition) is 2. The van der Waals surface area contributed by atoms with E-state index in [0.29, 0.717) is 5.56 Å². The van der Waals surface area contributed by atoms with Gasteiger partial charge in [-0.25, -0.2) is 4.39 Å². The van der Waals surface area contributed by atoms with Crippen molar-refractivity contribution in [1.82, 2.24) is 0 Å². The van der Waals surface area contributed by atoms with E-state index < -0.39 is 12.1 Å². The van der Waals surface area contributed by atoms with E-state index in [-0.39, 0.29) is 5.82 Å². The number of rotatable bonds is 2. The Balaban J connectivity index is 3.05. The van der Waals surface area contributed by atoms with Gasteiger partial charge in [0.05, 0.1) is 12.1 Å². The molecule has 13 heavy (non-hydrogen) atoms. The molecular weight excluding hydrogens is 169 g/mol. The topological polar surface area (TPSA) is 46.2 Å². The number of nitrogens with two attached hydrogens (primary N) is 1. The minimum atomic E-state index is -0.740. The first-order valence-corrected chi connectivity index (χ1v) is 4.22. The molecule has 0 aliphatic rings. The molecule has 0 aliphatic heterocycles. The lowest BCUT2D eigenvalue weighted by Crippen LogP contribution is -2.24. The summed E-state index contributed by atoms with van der Waals surface area (Å²) in [6.45, 7) is 3.41. The van der Waals surface area contributed by atoms with Gasteiger partial charge < -0.3 is 10.8 Å². The highest BCUT2D eigenvalue weighted by Gasteiger charge is 2.15. The summed E-state index contributed by atoms with van der Waals surface area (Å²) < 4.78 is 13.2. The van der Waals surface area contributed by atoms with Crippen LogP contribution in [0, 0.1) is 12.7 Å². The molecule has 1 rings (SSSR count). The highest BCUT2D eigenvalue weighted by Crippen LogP contribution is 2.19. The smallest absolute Gasteiger partial charge is 0.128 e. The molecule has 0 aliphatic carbocycles. The van der Waals surface area contributed by atoms with Crippen molar-refractivity contribution in [1.29, 1.82) is 0 Å². The SMILES string of the molecule is Cc1ccc(F)c([C@H](N)C(C)O)c1. The van der Waals surface area contributed by atoms with Crippen LogP contribution in [0.1, 0.15) is 24.1 Å². The lowest BCUT2D eigenvalue weighted by molar-refractivity contribution is 0.162. The van der Waals surface area contributed by atoms with Gasteiger partial charge in [-0.05, 0) is 19.9 Å². The van der Waals surface area contributed by atoms with Crippen molar-refractivity contribution in [3.63, 3.8) is 0 Å². The second-order valence-electron chi connectivity index (χ2n) is 3.29. The maximum atomic E-state index is 13.2. The summed E-state index contributed by atoms with van der Waals surface area (Å²) in [4.78, 5) is 0. The first-order valence-electron chi connectivity index (χ1n) is 4.22. The number of benzene rings is 1. The fourth-order valence-corrected chi connectivity index (χ4v) is 1.18. The van der Waals surface area contributed by atoms with Gasteiger partial charge in [-0.15, -0.1) is 0 Å². The third-order valence-electron chi connectivity index (χ3n) is 2.03. The van der Waals surface area contributed by atoms with Gasteiger partial charge in [0.1, 0.15) is 5.82 Å². The predicted octanol–water partition coefficient (Wildman–Crippen LogP) is 1.51. The van der Waals surface area contributed by atoms with Crippen LogP contribution >= 0.6 is 0 Å². The van der Waals surface area contributed by atoms with Crippen molar-refractivity contribution >= 4 is 0 Å². The quantitative estimate of drug-likeness (QED) is 0.730. The predicted molar refractivity (Wildman–Crippen MR) is 49.7 cm³/mol. The maximum Gasteiger partial charge on any atom is 0.128 e. The number of halogens is 1. The molecule has 0 spiro atoms. The van der Waals surface area contributed by atoms with E-state index in [1.165, 1.54) is 6.07 Å². The van der Waals surface area contributed by atoms with Gasteiger partial charge in [0.25, 0.3) is 0 Å². The monoisotopic (exact) mass is 183 g/mol. The van der Waals surface area contributed by atoms with Crippen LogP contribution in [0.5, 0.6) is 0 Å². The average molecular weight is 183 g/mol. The second kappa shape index (κ2) is 3.85. The molecule has 0 saturated carbocycles. The molecule has 1 unspecified atom stereocenters. The third-order valence-corrected chi connectivity index (χ3v) is 2.03. The fraction of sp³-hybridized carbons (Fsp3) is 0.400. The molecule has 1 aromatic carbocycles. The van der Waals surface area contributed by atoms with E-state index in [1.54, 1.807) is 19.1 Å². The van der Waals surface area contributed by atoms with Gasteiger partial charge in [0.15, 0.2) is 0 Å². The molecule has 3 heteroatoms. The highest BCUT2D eigenvalue weighted by atomic mass is 19.1. The Morgan fingerprint density at radius 3 is 2.62 bits per heavy atom. The Kier molecular flexibility index (Phi) is 3.01. The van der Waals surface area contributed by atoms with Crippen LogP contribution in [0.25, 0.3) is 0 Å². The summed E-state index contributed by atoms with van der Waals surface area (Å²) in [5.41, 5.74) is 6.93. The Bertz CT molecular complexity index is 299. The van der Waals surface area contributed by atoms with Crippen LogP contribution < -0.4 is 5.73 Å². The number of aryl methyl sites for hydroxylation is 1. The minimum Gasteiger partial charge on any atom is -0.391 e. The zero-order chi connectivity index (χ0) is 10.0. The summed E-state index contributed by atoms with van der Waals surface area (Å²) in [6, 6.07) is 4.05. The largest absolute Gasteiger partial charge is 0.391 e. The zero-order valence-corrected chi connectivity index (χ0v) is 7.79. The molecule has 1 aromatic rings. The molecule has 0 amide bonds. The summed E-state index contributed by atoms with van der Waals surface area (Å²) in [5, 5.41) is 9.20. The Morgan fingerprint density at radius 1 is 1.46 bits per heavy atom. The molecule has 3 N–H and O–H groups in total. The maximum absolute atomic E-state index is 13.2. The van der Waals surface area contributed by atoms with E-state index in [0.717, 1.165) is 5.56 Å². The van der Waals surface area contributed by atoms with Crippen molar-refractivity contribution in [2.75, 3.05) is 0 Å². The van der Waals surface area contributed by atoms with E-state index in [1.807, 2.05) is 6.92 Å². The first-order chi connectivity index (χ1) is 6.02. The molecule has 2 nitrogen and oxygen atoms in total. The molecule has 0 saturated heterocycles. The molecule has 72 valence electrons. The second-order valence-corrected chi connectivity index (χ2v) is 3.29.